The Hall–Kier alpha value is -0.913. The van der Waals surface area contributed by atoms with Crippen LogP contribution in [0.1, 0.15) is 41.0 Å². The standard InChI is InChI=1S/C23H31IOSi/c1-19(20(2)18-24)16-17-25-26(23(3,4)5,21-12-8-6-9-13-21)22-14-10-7-11-15-22/h6-15,18-19H,16-17H2,1-5H3/b20-18+/t19-/m0/s1. The van der Waals surface area contributed by atoms with Crippen molar-refractivity contribution in [2.24, 2.45) is 5.92 Å². The Morgan fingerprint density at radius 3 is 1.85 bits per heavy atom. The van der Waals surface area contributed by atoms with Crippen molar-refractivity contribution in [2.45, 2.75) is 46.1 Å². The Morgan fingerprint density at radius 1 is 1.00 bits per heavy atom. The second-order valence-corrected chi connectivity index (χ2v) is 13.0. The van der Waals surface area contributed by atoms with Crippen molar-refractivity contribution < 1.29 is 4.43 Å². The van der Waals surface area contributed by atoms with Crippen molar-refractivity contribution in [3.05, 3.63) is 70.3 Å². The van der Waals surface area contributed by atoms with Crippen LogP contribution in [0.15, 0.2) is 70.3 Å². The Bertz CT molecular complexity index is 664. The zero-order valence-electron chi connectivity index (χ0n) is 16.6. The van der Waals surface area contributed by atoms with E-state index in [0.29, 0.717) is 5.92 Å². The zero-order chi connectivity index (χ0) is 19.2. The van der Waals surface area contributed by atoms with Crippen molar-refractivity contribution in [3.63, 3.8) is 0 Å². The smallest absolute Gasteiger partial charge is 0.261 e. The van der Waals surface area contributed by atoms with Crippen molar-refractivity contribution in [3.8, 4) is 0 Å². The first-order chi connectivity index (χ1) is 12.3. The molecule has 0 radical (unpaired) electrons. The van der Waals surface area contributed by atoms with E-state index in [0.717, 1.165) is 13.0 Å². The van der Waals surface area contributed by atoms with Gasteiger partial charge in [-0.1, -0.05) is 117 Å². The van der Waals surface area contributed by atoms with Gasteiger partial charge in [-0.25, -0.2) is 0 Å². The van der Waals surface area contributed by atoms with Crippen LogP contribution in [-0.4, -0.2) is 14.9 Å². The molecule has 2 aromatic rings. The van der Waals surface area contributed by atoms with Gasteiger partial charge in [-0.05, 0) is 38.8 Å². The molecule has 0 heterocycles. The van der Waals surface area contributed by atoms with Gasteiger partial charge in [0.1, 0.15) is 0 Å². The second-order valence-electron chi connectivity index (χ2n) is 8.05. The quantitative estimate of drug-likeness (QED) is 0.354. The molecule has 0 N–H and O–H groups in total. The predicted octanol–water partition coefficient (Wildman–Crippen LogP) is 5.93. The molecule has 0 aliphatic carbocycles. The van der Waals surface area contributed by atoms with Crippen molar-refractivity contribution in [1.82, 2.24) is 0 Å². The number of halogens is 1. The first-order valence-electron chi connectivity index (χ1n) is 9.35. The van der Waals surface area contributed by atoms with Crippen molar-refractivity contribution in [1.29, 1.82) is 0 Å². The summed E-state index contributed by atoms with van der Waals surface area (Å²) in [6.45, 7) is 12.3. The minimum atomic E-state index is -2.38. The van der Waals surface area contributed by atoms with E-state index in [-0.39, 0.29) is 5.04 Å². The molecule has 0 unspecified atom stereocenters. The average Bonchev–Trinajstić information content (AvgIpc) is 2.64. The summed E-state index contributed by atoms with van der Waals surface area (Å²) in [6, 6.07) is 21.8. The SMILES string of the molecule is C/C(=C\I)[C@@H](C)CCO[Si](c1ccccc1)(c1ccccc1)C(C)(C)C. The number of allylic oxidation sites excluding steroid dienone is 1. The van der Waals surface area contributed by atoms with Gasteiger partial charge in [0, 0.05) is 6.61 Å². The van der Waals surface area contributed by atoms with Gasteiger partial charge in [-0.15, -0.1) is 0 Å². The lowest BCUT2D eigenvalue weighted by molar-refractivity contribution is 0.276. The fraction of sp³-hybridized carbons (Fsp3) is 0.391. The van der Waals surface area contributed by atoms with E-state index in [4.69, 9.17) is 4.43 Å². The molecular formula is C23H31IOSi. The van der Waals surface area contributed by atoms with E-state index in [2.05, 4.69) is 122 Å². The molecule has 0 aliphatic heterocycles. The summed E-state index contributed by atoms with van der Waals surface area (Å²) in [5.41, 5.74) is 1.43. The third-order valence-electron chi connectivity index (χ3n) is 5.24. The van der Waals surface area contributed by atoms with E-state index < -0.39 is 8.32 Å². The van der Waals surface area contributed by atoms with E-state index in [1.54, 1.807) is 0 Å². The molecule has 1 nitrogen and oxygen atoms in total. The van der Waals surface area contributed by atoms with E-state index in [9.17, 15) is 0 Å². The lowest BCUT2D eigenvalue weighted by Crippen LogP contribution is -2.66. The molecule has 0 saturated carbocycles. The van der Waals surface area contributed by atoms with Crippen LogP contribution in [0.5, 0.6) is 0 Å². The van der Waals surface area contributed by atoms with Gasteiger partial charge >= 0.3 is 0 Å². The summed E-state index contributed by atoms with van der Waals surface area (Å²) in [5, 5.41) is 2.76. The highest BCUT2D eigenvalue weighted by Crippen LogP contribution is 2.37. The monoisotopic (exact) mass is 478 g/mol. The first-order valence-corrected chi connectivity index (χ1v) is 12.5. The topological polar surface area (TPSA) is 9.23 Å². The van der Waals surface area contributed by atoms with E-state index >= 15 is 0 Å². The Balaban J connectivity index is 2.44. The molecule has 0 amide bonds. The molecule has 2 rings (SSSR count). The molecule has 140 valence electrons. The fourth-order valence-electron chi connectivity index (χ4n) is 3.49. The van der Waals surface area contributed by atoms with Crippen LogP contribution in [-0.2, 0) is 4.43 Å². The molecule has 0 aliphatic rings. The summed E-state index contributed by atoms with van der Waals surface area (Å²) in [4.78, 5) is 0. The molecule has 0 fully saturated rings. The molecule has 0 saturated heterocycles. The third-order valence-corrected chi connectivity index (χ3v) is 11.3. The number of rotatable bonds is 7. The Kier molecular flexibility index (Phi) is 7.68. The maximum Gasteiger partial charge on any atom is 0.261 e. The molecule has 0 spiro atoms. The van der Waals surface area contributed by atoms with Crippen LogP contribution in [0, 0.1) is 5.92 Å². The normalized spacial score (nSPS) is 14.3. The van der Waals surface area contributed by atoms with Crippen LogP contribution in [0.3, 0.4) is 0 Å². The van der Waals surface area contributed by atoms with Gasteiger partial charge in [0.15, 0.2) is 0 Å². The van der Waals surface area contributed by atoms with Gasteiger partial charge in [0.2, 0.25) is 0 Å². The van der Waals surface area contributed by atoms with Crippen LogP contribution in [0.2, 0.25) is 5.04 Å². The summed E-state index contributed by atoms with van der Waals surface area (Å²) in [6.07, 6.45) is 1.05. The van der Waals surface area contributed by atoms with Crippen LogP contribution in [0.4, 0.5) is 0 Å². The van der Waals surface area contributed by atoms with Crippen molar-refractivity contribution in [2.75, 3.05) is 6.61 Å². The molecular weight excluding hydrogens is 447 g/mol. The number of hydrogen-bond donors (Lipinski definition) is 0. The molecule has 26 heavy (non-hydrogen) atoms. The summed E-state index contributed by atoms with van der Waals surface area (Å²) in [7, 11) is -2.38. The highest BCUT2D eigenvalue weighted by Gasteiger charge is 2.49. The number of hydrogen-bond acceptors (Lipinski definition) is 1. The average molecular weight is 478 g/mol. The molecule has 3 heteroatoms. The van der Waals surface area contributed by atoms with Gasteiger partial charge in [0.25, 0.3) is 8.32 Å². The molecule has 1 atom stereocenters. The van der Waals surface area contributed by atoms with E-state index in [1.165, 1.54) is 15.9 Å². The number of benzene rings is 2. The second kappa shape index (κ2) is 9.33. The van der Waals surface area contributed by atoms with Gasteiger partial charge in [-0.3, -0.25) is 0 Å². The highest BCUT2D eigenvalue weighted by molar-refractivity contribution is 14.1. The van der Waals surface area contributed by atoms with E-state index in [1.807, 2.05) is 0 Å². The van der Waals surface area contributed by atoms with Crippen LogP contribution in [0.25, 0.3) is 0 Å². The molecule has 2 aromatic carbocycles. The minimum Gasteiger partial charge on any atom is -0.407 e. The van der Waals surface area contributed by atoms with Gasteiger partial charge in [-0.2, -0.15) is 0 Å². The summed E-state index contributed by atoms with van der Waals surface area (Å²) in [5.74, 6) is 0.546. The first kappa shape index (κ1) is 21.4. The lowest BCUT2D eigenvalue weighted by Gasteiger charge is -2.43. The predicted molar refractivity (Wildman–Crippen MR) is 125 cm³/mol. The van der Waals surface area contributed by atoms with Crippen LogP contribution < -0.4 is 10.4 Å². The Morgan fingerprint density at radius 2 is 1.46 bits per heavy atom. The van der Waals surface area contributed by atoms with Crippen LogP contribution >= 0.6 is 22.6 Å². The lowest BCUT2D eigenvalue weighted by atomic mass is 10.0. The zero-order valence-corrected chi connectivity index (χ0v) is 19.8. The third kappa shape index (κ3) is 4.67. The maximum absolute atomic E-state index is 6.94. The summed E-state index contributed by atoms with van der Waals surface area (Å²) < 4.78 is 9.13. The largest absolute Gasteiger partial charge is 0.407 e. The van der Waals surface area contributed by atoms with Crippen molar-refractivity contribution >= 4 is 41.3 Å². The maximum atomic E-state index is 6.94. The molecule has 0 bridgehead atoms. The highest BCUT2D eigenvalue weighted by atomic mass is 127. The Labute approximate surface area is 174 Å². The summed E-state index contributed by atoms with van der Waals surface area (Å²) >= 11 is 2.33. The molecule has 0 aromatic heterocycles. The van der Waals surface area contributed by atoms with Gasteiger partial charge in [0.05, 0.1) is 0 Å². The van der Waals surface area contributed by atoms with Gasteiger partial charge < -0.3 is 4.43 Å². The minimum absolute atomic E-state index is 0.0487. The fourth-order valence-corrected chi connectivity index (χ4v) is 8.68.